The zero-order valence-electron chi connectivity index (χ0n) is 10.4. The number of nitrogens with zero attached hydrogens (tertiary/aromatic N) is 1. The van der Waals surface area contributed by atoms with Gasteiger partial charge >= 0.3 is 0 Å². The fourth-order valence-corrected chi connectivity index (χ4v) is 3.73. The standard InChI is InChI=1S/C15H18ClN/c1-10(2)8-12-9-11-5-6-15(12,16)14-13(11)4-3-7-17-14/h3-7,10-12H,8-9H2,1-2H3. The highest BCUT2D eigenvalue weighted by molar-refractivity contribution is 6.25. The average molecular weight is 248 g/mol. The van der Waals surface area contributed by atoms with Crippen molar-refractivity contribution in [1.29, 1.82) is 0 Å². The second-order valence-electron chi connectivity index (χ2n) is 5.74. The molecule has 1 nitrogen and oxygen atoms in total. The molecule has 2 heteroatoms. The maximum atomic E-state index is 6.89. The van der Waals surface area contributed by atoms with E-state index in [1.54, 1.807) is 0 Å². The van der Waals surface area contributed by atoms with Gasteiger partial charge in [0.05, 0.1) is 5.69 Å². The predicted octanol–water partition coefficient (Wildman–Crippen LogP) is 4.24. The van der Waals surface area contributed by atoms with E-state index in [1.807, 2.05) is 12.3 Å². The predicted molar refractivity (Wildman–Crippen MR) is 71.2 cm³/mol. The van der Waals surface area contributed by atoms with Gasteiger partial charge in [-0.3, -0.25) is 4.98 Å². The third-order valence-corrected chi connectivity index (χ3v) is 4.67. The third kappa shape index (κ3) is 1.63. The Labute approximate surface area is 108 Å². The highest BCUT2D eigenvalue weighted by atomic mass is 35.5. The highest BCUT2D eigenvalue weighted by Crippen LogP contribution is 2.55. The number of pyridine rings is 1. The van der Waals surface area contributed by atoms with Crippen molar-refractivity contribution in [3.05, 3.63) is 41.7 Å². The summed E-state index contributed by atoms with van der Waals surface area (Å²) in [5.41, 5.74) is 2.44. The Hall–Kier alpha value is -0.820. The topological polar surface area (TPSA) is 12.9 Å². The first-order valence-corrected chi connectivity index (χ1v) is 6.82. The van der Waals surface area contributed by atoms with E-state index in [4.69, 9.17) is 11.6 Å². The lowest BCUT2D eigenvalue weighted by atomic mass is 9.65. The van der Waals surface area contributed by atoms with Crippen LogP contribution in [0.1, 0.15) is 43.9 Å². The lowest BCUT2D eigenvalue weighted by molar-refractivity contribution is 0.282. The van der Waals surface area contributed by atoms with Crippen LogP contribution in [0.4, 0.5) is 0 Å². The van der Waals surface area contributed by atoms with Gasteiger partial charge in [0, 0.05) is 12.1 Å². The Morgan fingerprint density at radius 3 is 3.12 bits per heavy atom. The summed E-state index contributed by atoms with van der Waals surface area (Å²) in [4.78, 5) is 4.20. The molecule has 0 saturated carbocycles. The molecule has 0 saturated heterocycles. The van der Waals surface area contributed by atoms with Gasteiger partial charge in [-0.15, -0.1) is 11.6 Å². The van der Waals surface area contributed by atoms with E-state index in [0.29, 0.717) is 17.8 Å². The Kier molecular flexibility index (Phi) is 2.55. The van der Waals surface area contributed by atoms with Gasteiger partial charge in [-0.05, 0) is 36.3 Å². The molecule has 3 atom stereocenters. The van der Waals surface area contributed by atoms with Crippen molar-refractivity contribution < 1.29 is 0 Å². The average Bonchev–Trinajstić information content (AvgIpc) is 2.31. The van der Waals surface area contributed by atoms with E-state index < -0.39 is 0 Å². The molecule has 0 radical (unpaired) electrons. The van der Waals surface area contributed by atoms with Crippen molar-refractivity contribution in [2.24, 2.45) is 11.8 Å². The maximum absolute atomic E-state index is 6.89. The fourth-order valence-electron chi connectivity index (χ4n) is 3.33. The van der Waals surface area contributed by atoms with Crippen LogP contribution in [0.3, 0.4) is 0 Å². The number of halogens is 1. The SMILES string of the molecule is CC(C)CC1CC2C=CC1(Cl)c1ncccc12. The van der Waals surface area contributed by atoms with Gasteiger partial charge in [0.2, 0.25) is 0 Å². The first kappa shape index (κ1) is 11.3. The highest BCUT2D eigenvalue weighted by Gasteiger charge is 2.47. The quantitative estimate of drug-likeness (QED) is 0.563. The molecule has 3 unspecified atom stereocenters. The monoisotopic (exact) mass is 247 g/mol. The van der Waals surface area contributed by atoms with Gasteiger partial charge in [-0.2, -0.15) is 0 Å². The number of alkyl halides is 1. The van der Waals surface area contributed by atoms with E-state index in [2.05, 4.69) is 37.0 Å². The summed E-state index contributed by atoms with van der Waals surface area (Å²) >= 11 is 6.89. The van der Waals surface area contributed by atoms with Crippen molar-refractivity contribution >= 4 is 11.6 Å². The molecule has 0 aromatic carbocycles. The zero-order valence-corrected chi connectivity index (χ0v) is 11.1. The van der Waals surface area contributed by atoms with Crippen molar-refractivity contribution in [3.8, 4) is 0 Å². The van der Waals surface area contributed by atoms with Crippen LogP contribution >= 0.6 is 11.6 Å². The van der Waals surface area contributed by atoms with Crippen LogP contribution in [0.25, 0.3) is 0 Å². The van der Waals surface area contributed by atoms with Gasteiger partial charge in [0.1, 0.15) is 4.87 Å². The number of fused-ring (bicyclic) bond motifs is 1. The second kappa shape index (κ2) is 3.84. The van der Waals surface area contributed by atoms with E-state index in [9.17, 15) is 0 Å². The summed E-state index contributed by atoms with van der Waals surface area (Å²) in [5.74, 6) is 1.75. The maximum Gasteiger partial charge on any atom is 0.108 e. The Bertz CT molecular complexity index is 466. The van der Waals surface area contributed by atoms with Gasteiger partial charge in [0.15, 0.2) is 0 Å². The molecule has 3 aliphatic rings. The van der Waals surface area contributed by atoms with Crippen LogP contribution in [0, 0.1) is 11.8 Å². The van der Waals surface area contributed by atoms with Gasteiger partial charge in [0.25, 0.3) is 0 Å². The number of allylic oxidation sites excluding steroid dienone is 2. The van der Waals surface area contributed by atoms with E-state index in [1.165, 1.54) is 18.4 Å². The lowest BCUT2D eigenvalue weighted by Crippen LogP contribution is -2.39. The summed E-state index contributed by atoms with van der Waals surface area (Å²) in [6.07, 6.45) is 8.68. The molecule has 3 aliphatic carbocycles. The Morgan fingerprint density at radius 2 is 2.35 bits per heavy atom. The summed E-state index contributed by atoms with van der Waals surface area (Å²) < 4.78 is 0. The summed E-state index contributed by atoms with van der Waals surface area (Å²) in [7, 11) is 0. The second-order valence-corrected chi connectivity index (χ2v) is 6.36. The van der Waals surface area contributed by atoms with Crippen LogP contribution < -0.4 is 0 Å². The van der Waals surface area contributed by atoms with Crippen LogP contribution in [0.15, 0.2) is 30.5 Å². The molecule has 1 aromatic heterocycles. The van der Waals surface area contributed by atoms with E-state index in [0.717, 1.165) is 5.69 Å². The first-order valence-electron chi connectivity index (χ1n) is 6.45. The normalized spacial score (nSPS) is 34.1. The largest absolute Gasteiger partial charge is 0.259 e. The smallest absolute Gasteiger partial charge is 0.108 e. The van der Waals surface area contributed by atoms with Crippen LogP contribution in [-0.2, 0) is 4.87 Å². The number of aromatic nitrogens is 1. The van der Waals surface area contributed by atoms with Crippen molar-refractivity contribution in [2.45, 2.75) is 37.5 Å². The minimum Gasteiger partial charge on any atom is -0.259 e. The first-order chi connectivity index (χ1) is 8.11. The van der Waals surface area contributed by atoms with Gasteiger partial charge in [-0.1, -0.05) is 32.1 Å². The molecule has 1 aromatic rings. The minimum atomic E-state index is -0.352. The van der Waals surface area contributed by atoms with Gasteiger partial charge < -0.3 is 0 Å². The fraction of sp³-hybridized carbons (Fsp3) is 0.533. The van der Waals surface area contributed by atoms with E-state index in [-0.39, 0.29) is 4.87 Å². The summed E-state index contributed by atoms with van der Waals surface area (Å²) in [6.45, 7) is 4.54. The molecular formula is C15H18ClN. The van der Waals surface area contributed by atoms with Crippen LogP contribution in [-0.4, -0.2) is 4.98 Å². The molecule has 0 N–H and O–H groups in total. The molecular weight excluding hydrogens is 230 g/mol. The number of hydrogen-bond donors (Lipinski definition) is 0. The molecule has 0 spiro atoms. The summed E-state index contributed by atoms with van der Waals surface area (Å²) in [6, 6.07) is 4.20. The number of rotatable bonds is 2. The van der Waals surface area contributed by atoms with Crippen molar-refractivity contribution in [1.82, 2.24) is 4.98 Å². The zero-order chi connectivity index (χ0) is 12.0. The molecule has 0 amide bonds. The minimum absolute atomic E-state index is 0.352. The van der Waals surface area contributed by atoms with Gasteiger partial charge in [-0.25, -0.2) is 0 Å². The summed E-state index contributed by atoms with van der Waals surface area (Å²) in [5, 5.41) is 0. The Balaban J connectivity index is 2.06. The Morgan fingerprint density at radius 1 is 1.53 bits per heavy atom. The molecule has 17 heavy (non-hydrogen) atoms. The third-order valence-electron chi connectivity index (χ3n) is 4.06. The lowest BCUT2D eigenvalue weighted by Gasteiger charge is -2.45. The van der Waals surface area contributed by atoms with Crippen molar-refractivity contribution in [2.75, 3.05) is 0 Å². The molecule has 2 bridgehead atoms. The number of hydrogen-bond acceptors (Lipinski definition) is 1. The van der Waals surface area contributed by atoms with Crippen LogP contribution in [0.5, 0.6) is 0 Å². The van der Waals surface area contributed by atoms with Crippen LogP contribution in [0.2, 0.25) is 0 Å². The molecule has 0 aliphatic heterocycles. The van der Waals surface area contributed by atoms with Crippen molar-refractivity contribution in [3.63, 3.8) is 0 Å². The van der Waals surface area contributed by atoms with E-state index >= 15 is 0 Å². The molecule has 90 valence electrons. The molecule has 0 fully saturated rings. The molecule has 1 heterocycles. The molecule has 4 rings (SSSR count).